The van der Waals surface area contributed by atoms with E-state index in [-0.39, 0.29) is 19.2 Å². The highest BCUT2D eigenvalue weighted by Gasteiger charge is 2.18. The molecule has 0 aromatic rings. The van der Waals surface area contributed by atoms with Crippen LogP contribution in [-0.4, -0.2) is 37.2 Å². The van der Waals surface area contributed by atoms with Gasteiger partial charge in [-0.2, -0.15) is 0 Å². The zero-order chi connectivity index (χ0) is 32.1. The molecule has 0 bridgehead atoms. The molecular formula is C37H58O6. The van der Waals surface area contributed by atoms with Gasteiger partial charge in [-0.1, -0.05) is 93.9 Å². The lowest BCUT2D eigenvalue weighted by Crippen LogP contribution is -2.23. The average Bonchev–Trinajstić information content (AvgIpc) is 2.94. The van der Waals surface area contributed by atoms with Gasteiger partial charge in [0.1, 0.15) is 19.3 Å². The number of unbranched alkanes of at least 4 members (excludes halogenated alkanes) is 11. The third kappa shape index (κ3) is 27.5. The largest absolute Gasteiger partial charge is 0.461 e. The second-order valence-electron chi connectivity index (χ2n) is 11.3. The van der Waals surface area contributed by atoms with Crippen molar-refractivity contribution in [2.24, 2.45) is 0 Å². The van der Waals surface area contributed by atoms with Gasteiger partial charge in [-0.25, -0.2) is 0 Å². The predicted octanol–water partition coefficient (Wildman–Crippen LogP) is 9.29. The fraction of sp³-hybridized carbons (Fsp3) is 0.649. The van der Waals surface area contributed by atoms with E-state index in [9.17, 15) is 14.4 Å². The van der Waals surface area contributed by atoms with Gasteiger partial charge in [0.25, 0.3) is 0 Å². The number of carbonyl (C=O) groups excluding carboxylic acids is 3. The summed E-state index contributed by atoms with van der Waals surface area (Å²) in [7, 11) is 0. The number of ether oxygens (including phenoxy) is 3. The molecule has 0 radical (unpaired) electrons. The molecule has 0 rings (SSSR count). The molecule has 0 aliphatic heterocycles. The molecule has 0 heterocycles. The van der Waals surface area contributed by atoms with Gasteiger partial charge in [0, 0.05) is 32.3 Å². The number of rotatable bonds is 23. The summed E-state index contributed by atoms with van der Waals surface area (Å²) >= 11 is 0. The Hall–Kier alpha value is -3.07. The lowest BCUT2D eigenvalue weighted by atomic mass is 10.1. The van der Waals surface area contributed by atoms with Crippen LogP contribution in [0.1, 0.15) is 138 Å². The summed E-state index contributed by atoms with van der Waals surface area (Å²) in [5.74, 6) is 4.85. The van der Waals surface area contributed by atoms with Crippen LogP contribution in [0.2, 0.25) is 0 Å². The quantitative estimate of drug-likeness (QED) is 0.0383. The fourth-order valence-electron chi connectivity index (χ4n) is 4.23. The minimum absolute atomic E-state index is 0.0152. The van der Waals surface area contributed by atoms with Crippen molar-refractivity contribution in [1.29, 1.82) is 0 Å². The molecule has 6 nitrogen and oxygen atoms in total. The number of carbonyl (C=O) groups is 3. The van der Waals surface area contributed by atoms with E-state index in [1.807, 2.05) is 32.9 Å². The Morgan fingerprint density at radius 1 is 0.721 bits per heavy atom. The smallest absolute Gasteiger partial charge is 0.306 e. The number of allylic oxidation sites excluding steroid dienone is 5. The molecule has 0 aromatic heterocycles. The minimum Gasteiger partial charge on any atom is -0.461 e. The van der Waals surface area contributed by atoms with Crippen molar-refractivity contribution < 1.29 is 28.6 Å². The third-order valence-corrected chi connectivity index (χ3v) is 6.66. The van der Waals surface area contributed by atoms with Crippen LogP contribution in [0.5, 0.6) is 0 Å². The van der Waals surface area contributed by atoms with E-state index >= 15 is 0 Å². The molecule has 6 heteroatoms. The summed E-state index contributed by atoms with van der Waals surface area (Å²) in [6.07, 6.45) is 25.7. The van der Waals surface area contributed by atoms with Crippen molar-refractivity contribution >= 4 is 17.9 Å². The molecule has 0 fully saturated rings. The molecule has 0 amide bonds. The second kappa shape index (κ2) is 27.7. The Morgan fingerprint density at radius 3 is 1.91 bits per heavy atom. The van der Waals surface area contributed by atoms with Gasteiger partial charge < -0.3 is 14.2 Å². The highest BCUT2D eigenvalue weighted by Crippen LogP contribution is 2.16. The number of hydrogen-bond donors (Lipinski definition) is 0. The van der Waals surface area contributed by atoms with Gasteiger partial charge in [0.15, 0.2) is 0 Å². The van der Waals surface area contributed by atoms with Crippen LogP contribution in [0.4, 0.5) is 0 Å². The van der Waals surface area contributed by atoms with E-state index in [1.54, 1.807) is 6.08 Å². The molecule has 0 aromatic carbocycles. The van der Waals surface area contributed by atoms with Gasteiger partial charge in [0.2, 0.25) is 0 Å². The molecule has 0 spiro atoms. The van der Waals surface area contributed by atoms with E-state index in [2.05, 4.69) is 30.9 Å². The maximum Gasteiger partial charge on any atom is 0.306 e. The van der Waals surface area contributed by atoms with Gasteiger partial charge in [0.05, 0.1) is 0 Å². The predicted molar refractivity (Wildman–Crippen MR) is 176 cm³/mol. The van der Waals surface area contributed by atoms with Crippen molar-refractivity contribution in [3.05, 3.63) is 47.1 Å². The van der Waals surface area contributed by atoms with E-state index < -0.39 is 18.0 Å². The van der Waals surface area contributed by atoms with E-state index in [0.717, 1.165) is 36.8 Å². The van der Waals surface area contributed by atoms with Crippen molar-refractivity contribution in [2.75, 3.05) is 13.2 Å². The van der Waals surface area contributed by atoms with Crippen LogP contribution in [0.25, 0.3) is 0 Å². The molecule has 0 saturated heterocycles. The summed E-state index contributed by atoms with van der Waals surface area (Å²) in [5, 5.41) is 0. The van der Waals surface area contributed by atoms with Crippen LogP contribution in [0.3, 0.4) is 0 Å². The molecule has 242 valence electrons. The van der Waals surface area contributed by atoms with Crippen molar-refractivity contribution in [3.63, 3.8) is 0 Å². The molecule has 0 aliphatic carbocycles. The molecule has 1 atom stereocenters. The first-order chi connectivity index (χ1) is 20.6. The van der Waals surface area contributed by atoms with Crippen molar-refractivity contribution in [1.82, 2.24) is 0 Å². The standard InChI is InChI=1S/C37H58O6/c1-7-8-9-10-11-12-13-14-15-16-17-18-19-20-21-25-37(40)41-29-28-35(30-42-33(5)38)36(43-34(6)39)27-26-32(4)24-22-23-31(2)3/h14-15,23,26,28,36H,7-13,16-21,25,27,29-30H2,1-6H3/b15-14+,32-26+,35-28+. The highest BCUT2D eigenvalue weighted by atomic mass is 16.6. The summed E-state index contributed by atoms with van der Waals surface area (Å²) in [6.45, 7) is 10.7. The number of hydrogen-bond acceptors (Lipinski definition) is 6. The maximum atomic E-state index is 12.3. The molecular weight excluding hydrogens is 540 g/mol. The summed E-state index contributed by atoms with van der Waals surface area (Å²) in [5.41, 5.74) is 2.49. The Balaban J connectivity index is 4.55. The second-order valence-corrected chi connectivity index (χ2v) is 11.3. The van der Waals surface area contributed by atoms with Gasteiger partial charge in [-0.3, -0.25) is 14.4 Å². The van der Waals surface area contributed by atoms with Crippen LogP contribution in [-0.2, 0) is 28.6 Å². The maximum absolute atomic E-state index is 12.3. The highest BCUT2D eigenvalue weighted by molar-refractivity contribution is 5.69. The van der Waals surface area contributed by atoms with Crippen LogP contribution in [0.15, 0.2) is 47.1 Å². The fourth-order valence-corrected chi connectivity index (χ4v) is 4.23. The summed E-state index contributed by atoms with van der Waals surface area (Å²) < 4.78 is 16.1. The Bertz CT molecular complexity index is 969. The first kappa shape index (κ1) is 39.9. The van der Waals surface area contributed by atoms with E-state index in [4.69, 9.17) is 14.2 Å². The van der Waals surface area contributed by atoms with Crippen LogP contribution >= 0.6 is 0 Å². The molecule has 0 saturated carbocycles. The topological polar surface area (TPSA) is 78.9 Å². The van der Waals surface area contributed by atoms with E-state index in [0.29, 0.717) is 18.4 Å². The molecule has 0 N–H and O–H groups in total. The monoisotopic (exact) mass is 598 g/mol. The van der Waals surface area contributed by atoms with Crippen molar-refractivity contribution in [2.45, 2.75) is 144 Å². The Kier molecular flexibility index (Phi) is 25.8. The summed E-state index contributed by atoms with van der Waals surface area (Å²) in [4.78, 5) is 35.5. The van der Waals surface area contributed by atoms with Crippen LogP contribution in [0, 0.1) is 11.8 Å². The normalized spacial score (nSPS) is 12.3. The van der Waals surface area contributed by atoms with Gasteiger partial charge >= 0.3 is 17.9 Å². The SMILES string of the molecule is CCCCCCCC/C=C/CCCCCCCC(=O)OC/C=C(\COC(C)=O)C(C/C=C(\C)C#CC=C(C)C)OC(C)=O. The van der Waals surface area contributed by atoms with Crippen LogP contribution < -0.4 is 0 Å². The number of esters is 3. The lowest BCUT2D eigenvalue weighted by Gasteiger charge is -2.19. The zero-order valence-electron chi connectivity index (χ0n) is 27.9. The molecule has 43 heavy (non-hydrogen) atoms. The molecule has 0 aliphatic rings. The summed E-state index contributed by atoms with van der Waals surface area (Å²) in [6, 6.07) is 0. The van der Waals surface area contributed by atoms with E-state index in [1.165, 1.54) is 71.6 Å². The first-order valence-electron chi connectivity index (χ1n) is 16.3. The Morgan fingerprint density at radius 2 is 1.33 bits per heavy atom. The van der Waals surface area contributed by atoms with Crippen molar-refractivity contribution in [3.8, 4) is 11.8 Å². The average molecular weight is 599 g/mol. The third-order valence-electron chi connectivity index (χ3n) is 6.66. The van der Waals surface area contributed by atoms with Gasteiger partial charge in [-0.05, 0) is 70.6 Å². The molecule has 1 unspecified atom stereocenters. The van der Waals surface area contributed by atoms with Gasteiger partial charge in [-0.15, -0.1) is 0 Å². The minimum atomic E-state index is -0.666. The zero-order valence-corrected chi connectivity index (χ0v) is 27.9. The first-order valence-corrected chi connectivity index (χ1v) is 16.3. The Labute approximate surface area is 262 Å². The lowest BCUT2D eigenvalue weighted by molar-refractivity contribution is -0.146.